The molecule has 0 fully saturated rings. The van der Waals surface area contributed by atoms with E-state index < -0.39 is 0 Å². The molecule has 0 aliphatic carbocycles. The summed E-state index contributed by atoms with van der Waals surface area (Å²) in [7, 11) is 1.75. The molecular weight excluding hydrogens is 262 g/mol. The van der Waals surface area contributed by atoms with Crippen molar-refractivity contribution in [3.63, 3.8) is 0 Å². The fourth-order valence-electron chi connectivity index (χ4n) is 3.17. The molecule has 0 bridgehead atoms. The molecule has 1 heterocycles. The third kappa shape index (κ3) is 5.33. The van der Waals surface area contributed by atoms with Crippen LogP contribution in [-0.2, 0) is 11.2 Å². The van der Waals surface area contributed by atoms with Crippen LogP contribution < -0.4 is 10.1 Å². The van der Waals surface area contributed by atoms with Gasteiger partial charge in [-0.1, -0.05) is 32.0 Å². The lowest BCUT2D eigenvalue weighted by Gasteiger charge is -2.22. The lowest BCUT2D eigenvalue weighted by Crippen LogP contribution is -2.30. The van der Waals surface area contributed by atoms with Gasteiger partial charge in [-0.15, -0.1) is 0 Å². The molecule has 1 aliphatic heterocycles. The maximum atomic E-state index is 6.09. The van der Waals surface area contributed by atoms with E-state index in [1.807, 2.05) is 0 Å². The minimum Gasteiger partial charge on any atom is -0.490 e. The predicted molar refractivity (Wildman–Crippen MR) is 86.9 cm³/mol. The fraction of sp³-hybridized carbons (Fsp3) is 0.667. The maximum Gasteiger partial charge on any atom is 0.123 e. The number of fused-ring (bicyclic) bond motifs is 1. The van der Waals surface area contributed by atoms with Crippen LogP contribution >= 0.6 is 0 Å². The summed E-state index contributed by atoms with van der Waals surface area (Å²) in [6.07, 6.45) is 3.78. The molecule has 118 valence electrons. The highest BCUT2D eigenvalue weighted by molar-refractivity contribution is 5.37. The molecule has 1 aromatic rings. The second-order valence-electron chi connectivity index (χ2n) is 6.48. The number of nitrogens with one attached hydrogen (secondary N) is 1. The fourth-order valence-corrected chi connectivity index (χ4v) is 3.17. The normalized spacial score (nSPS) is 18.6. The van der Waals surface area contributed by atoms with Crippen molar-refractivity contribution >= 4 is 0 Å². The predicted octanol–water partition coefficient (Wildman–Crippen LogP) is 3.28. The van der Waals surface area contributed by atoms with Gasteiger partial charge in [-0.25, -0.2) is 0 Å². The molecule has 0 saturated carbocycles. The first-order valence-electron chi connectivity index (χ1n) is 8.13. The van der Waals surface area contributed by atoms with E-state index in [-0.39, 0.29) is 0 Å². The standard InChI is InChI=1S/C18H29NO2/c1-14(2)10-15(13-19-8-9-20-3)11-17-12-16-6-4-5-7-18(16)21-17/h4-7,14-15,17,19H,8-13H2,1-3H3. The summed E-state index contributed by atoms with van der Waals surface area (Å²) in [5.41, 5.74) is 1.36. The van der Waals surface area contributed by atoms with Crippen LogP contribution in [0.5, 0.6) is 5.75 Å². The Bertz CT molecular complexity index is 394. The summed E-state index contributed by atoms with van der Waals surface area (Å²) < 4.78 is 11.2. The Kier molecular flexibility index (Phi) is 6.52. The molecule has 3 nitrogen and oxygen atoms in total. The lowest BCUT2D eigenvalue weighted by atomic mass is 9.90. The highest BCUT2D eigenvalue weighted by atomic mass is 16.5. The van der Waals surface area contributed by atoms with Crippen LogP contribution in [0.4, 0.5) is 0 Å². The first kappa shape index (κ1) is 16.3. The molecule has 21 heavy (non-hydrogen) atoms. The Balaban J connectivity index is 1.81. The highest BCUT2D eigenvalue weighted by Crippen LogP contribution is 2.31. The van der Waals surface area contributed by atoms with Crippen LogP contribution in [0.2, 0.25) is 0 Å². The smallest absolute Gasteiger partial charge is 0.123 e. The SMILES string of the molecule is COCCNCC(CC(C)C)CC1Cc2ccccc2O1. The van der Waals surface area contributed by atoms with Crippen molar-refractivity contribution in [2.75, 3.05) is 26.8 Å². The van der Waals surface area contributed by atoms with E-state index in [4.69, 9.17) is 9.47 Å². The molecule has 0 aromatic heterocycles. The van der Waals surface area contributed by atoms with E-state index >= 15 is 0 Å². The van der Waals surface area contributed by atoms with Gasteiger partial charge in [0.25, 0.3) is 0 Å². The van der Waals surface area contributed by atoms with Crippen LogP contribution in [0.1, 0.15) is 32.3 Å². The minimum absolute atomic E-state index is 0.343. The van der Waals surface area contributed by atoms with E-state index in [1.165, 1.54) is 12.0 Å². The Morgan fingerprint density at radius 3 is 2.86 bits per heavy atom. The lowest BCUT2D eigenvalue weighted by molar-refractivity contribution is 0.174. The molecule has 0 spiro atoms. The third-order valence-corrected chi connectivity index (χ3v) is 4.03. The molecule has 1 aliphatic rings. The van der Waals surface area contributed by atoms with Gasteiger partial charge in [-0.3, -0.25) is 0 Å². The van der Waals surface area contributed by atoms with Crippen molar-refractivity contribution in [2.45, 2.75) is 39.2 Å². The number of methoxy groups -OCH3 is 1. The number of ether oxygens (including phenoxy) is 2. The number of benzene rings is 1. The number of hydrogen-bond acceptors (Lipinski definition) is 3. The number of para-hydroxylation sites is 1. The van der Waals surface area contributed by atoms with Gasteiger partial charge in [0, 0.05) is 20.1 Å². The molecule has 2 atom stereocenters. The summed E-state index contributed by atoms with van der Waals surface area (Å²) >= 11 is 0. The van der Waals surface area contributed by atoms with Crippen molar-refractivity contribution in [1.82, 2.24) is 5.32 Å². The zero-order valence-electron chi connectivity index (χ0n) is 13.6. The highest BCUT2D eigenvalue weighted by Gasteiger charge is 2.25. The summed E-state index contributed by atoms with van der Waals surface area (Å²) in [4.78, 5) is 0. The molecular formula is C18H29NO2. The molecule has 0 amide bonds. The van der Waals surface area contributed by atoms with Crippen LogP contribution in [0.25, 0.3) is 0 Å². The van der Waals surface area contributed by atoms with Crippen LogP contribution in [0.3, 0.4) is 0 Å². The van der Waals surface area contributed by atoms with E-state index in [2.05, 4.69) is 43.4 Å². The van der Waals surface area contributed by atoms with Crippen molar-refractivity contribution in [2.24, 2.45) is 11.8 Å². The molecule has 2 unspecified atom stereocenters. The maximum absolute atomic E-state index is 6.09. The molecule has 1 N–H and O–H groups in total. The Labute approximate surface area is 129 Å². The summed E-state index contributed by atoms with van der Waals surface area (Å²) in [5, 5.41) is 3.51. The van der Waals surface area contributed by atoms with Crippen LogP contribution in [0.15, 0.2) is 24.3 Å². The Hall–Kier alpha value is -1.06. The average molecular weight is 291 g/mol. The van der Waals surface area contributed by atoms with Crippen LogP contribution in [-0.4, -0.2) is 32.9 Å². The summed E-state index contributed by atoms with van der Waals surface area (Å²) in [6, 6.07) is 8.43. The quantitative estimate of drug-likeness (QED) is 0.708. The molecule has 2 rings (SSSR count). The van der Waals surface area contributed by atoms with Gasteiger partial charge in [0.1, 0.15) is 11.9 Å². The van der Waals surface area contributed by atoms with Crippen molar-refractivity contribution in [3.05, 3.63) is 29.8 Å². The number of rotatable bonds is 9. The molecule has 0 saturated heterocycles. The first-order valence-corrected chi connectivity index (χ1v) is 8.13. The molecule has 0 radical (unpaired) electrons. The van der Waals surface area contributed by atoms with Crippen molar-refractivity contribution < 1.29 is 9.47 Å². The summed E-state index contributed by atoms with van der Waals surface area (Å²) in [5.74, 6) is 2.47. The van der Waals surface area contributed by atoms with Crippen LogP contribution in [0, 0.1) is 11.8 Å². The monoisotopic (exact) mass is 291 g/mol. The van der Waals surface area contributed by atoms with E-state index in [0.717, 1.165) is 44.2 Å². The average Bonchev–Trinajstić information content (AvgIpc) is 2.85. The largest absolute Gasteiger partial charge is 0.490 e. The second-order valence-corrected chi connectivity index (χ2v) is 6.48. The van der Waals surface area contributed by atoms with E-state index in [0.29, 0.717) is 12.0 Å². The van der Waals surface area contributed by atoms with Crippen molar-refractivity contribution in [3.8, 4) is 5.75 Å². The first-order chi connectivity index (χ1) is 10.2. The van der Waals surface area contributed by atoms with Gasteiger partial charge in [0.2, 0.25) is 0 Å². The van der Waals surface area contributed by atoms with Gasteiger partial charge in [0.05, 0.1) is 6.61 Å². The zero-order valence-corrected chi connectivity index (χ0v) is 13.6. The Morgan fingerprint density at radius 1 is 1.33 bits per heavy atom. The van der Waals surface area contributed by atoms with Gasteiger partial charge < -0.3 is 14.8 Å². The molecule has 3 heteroatoms. The van der Waals surface area contributed by atoms with Crippen molar-refractivity contribution in [1.29, 1.82) is 0 Å². The second kappa shape index (κ2) is 8.40. The van der Waals surface area contributed by atoms with E-state index in [9.17, 15) is 0 Å². The topological polar surface area (TPSA) is 30.5 Å². The van der Waals surface area contributed by atoms with Gasteiger partial charge in [-0.05, 0) is 42.9 Å². The Morgan fingerprint density at radius 2 is 2.14 bits per heavy atom. The molecule has 1 aromatic carbocycles. The van der Waals surface area contributed by atoms with Gasteiger partial charge >= 0.3 is 0 Å². The zero-order chi connectivity index (χ0) is 15.1. The van der Waals surface area contributed by atoms with Gasteiger partial charge in [-0.2, -0.15) is 0 Å². The third-order valence-electron chi connectivity index (χ3n) is 4.03. The summed E-state index contributed by atoms with van der Waals surface area (Å²) in [6.45, 7) is 7.35. The van der Waals surface area contributed by atoms with E-state index in [1.54, 1.807) is 7.11 Å². The number of hydrogen-bond donors (Lipinski definition) is 1. The van der Waals surface area contributed by atoms with Gasteiger partial charge in [0.15, 0.2) is 0 Å². The minimum atomic E-state index is 0.343.